The van der Waals surface area contributed by atoms with Gasteiger partial charge < -0.3 is 9.47 Å². The van der Waals surface area contributed by atoms with Crippen molar-refractivity contribution in [3.8, 4) is 61.3 Å². The summed E-state index contributed by atoms with van der Waals surface area (Å²) in [4.78, 5) is 2.41. The summed E-state index contributed by atoms with van der Waals surface area (Å²) in [5.74, 6) is 0. The molecule has 0 N–H and O–H groups in total. The number of anilines is 3. The topological polar surface area (TPSA) is 8.17 Å². The predicted molar refractivity (Wildman–Crippen MR) is 263 cm³/mol. The van der Waals surface area contributed by atoms with E-state index >= 15 is 0 Å². The Labute approximate surface area is 362 Å². The van der Waals surface area contributed by atoms with Crippen molar-refractivity contribution in [1.82, 2.24) is 4.57 Å². The Morgan fingerprint density at radius 2 is 0.645 bits per heavy atom. The molecule has 0 amide bonds. The molecule has 62 heavy (non-hydrogen) atoms. The maximum atomic E-state index is 2.44. The molecule has 0 aliphatic carbocycles. The zero-order valence-corrected chi connectivity index (χ0v) is 34.1. The molecule has 1 heterocycles. The average molecular weight is 791 g/mol. The smallest absolute Gasteiger partial charge is 0.0561 e. The van der Waals surface area contributed by atoms with Gasteiger partial charge in [-0.15, -0.1) is 0 Å². The number of nitrogens with zero attached hydrogens (tertiary/aromatic N) is 2. The fourth-order valence-electron chi connectivity index (χ4n) is 9.05. The first kappa shape index (κ1) is 36.8. The maximum absolute atomic E-state index is 2.44. The van der Waals surface area contributed by atoms with Crippen molar-refractivity contribution in [2.45, 2.75) is 0 Å². The summed E-state index contributed by atoms with van der Waals surface area (Å²) in [6, 6.07) is 92.1. The Morgan fingerprint density at radius 3 is 1.23 bits per heavy atom. The minimum absolute atomic E-state index is 1.07. The summed E-state index contributed by atoms with van der Waals surface area (Å²) >= 11 is 0. The van der Waals surface area contributed by atoms with Crippen LogP contribution in [0.4, 0.5) is 17.1 Å². The first-order valence-corrected chi connectivity index (χ1v) is 21.3. The number of hydrogen-bond donors (Lipinski definition) is 0. The number of fused-ring (bicyclic) bond motifs is 3. The summed E-state index contributed by atoms with van der Waals surface area (Å²) in [5, 5.41) is 2.43. The summed E-state index contributed by atoms with van der Waals surface area (Å²) in [7, 11) is 0. The van der Waals surface area contributed by atoms with Crippen molar-refractivity contribution < 1.29 is 0 Å². The van der Waals surface area contributed by atoms with Crippen molar-refractivity contribution in [1.29, 1.82) is 0 Å². The van der Waals surface area contributed by atoms with Crippen LogP contribution in [0.2, 0.25) is 0 Å². The van der Waals surface area contributed by atoms with Crippen molar-refractivity contribution in [2.24, 2.45) is 0 Å². The predicted octanol–water partition coefficient (Wildman–Crippen LogP) is 16.6. The third-order valence-electron chi connectivity index (χ3n) is 12.0. The second-order valence-corrected chi connectivity index (χ2v) is 15.7. The van der Waals surface area contributed by atoms with E-state index in [1.165, 1.54) is 71.9 Å². The van der Waals surface area contributed by atoms with Crippen LogP contribution in [0.5, 0.6) is 0 Å². The van der Waals surface area contributed by atoms with Crippen molar-refractivity contribution in [2.75, 3.05) is 4.90 Å². The molecule has 292 valence electrons. The summed E-state index contributed by atoms with van der Waals surface area (Å²) < 4.78 is 2.44. The summed E-state index contributed by atoms with van der Waals surface area (Å²) in [6.45, 7) is 0. The van der Waals surface area contributed by atoms with Gasteiger partial charge in [0.1, 0.15) is 0 Å². The molecular formula is C60H42N2. The lowest BCUT2D eigenvalue weighted by molar-refractivity contribution is 1.18. The minimum atomic E-state index is 1.07. The molecule has 2 nitrogen and oxygen atoms in total. The second kappa shape index (κ2) is 16.1. The van der Waals surface area contributed by atoms with Crippen LogP contribution in [0.25, 0.3) is 83.1 Å². The summed E-state index contributed by atoms with van der Waals surface area (Å²) in [6.07, 6.45) is 0. The van der Waals surface area contributed by atoms with Gasteiger partial charge in [-0.2, -0.15) is 0 Å². The number of rotatable bonds is 9. The molecule has 0 saturated carbocycles. The third-order valence-corrected chi connectivity index (χ3v) is 12.0. The van der Waals surface area contributed by atoms with Gasteiger partial charge >= 0.3 is 0 Å². The van der Waals surface area contributed by atoms with E-state index < -0.39 is 0 Å². The highest BCUT2D eigenvalue weighted by molar-refractivity contribution is 6.10. The molecule has 0 fully saturated rings. The van der Waals surface area contributed by atoms with E-state index in [4.69, 9.17) is 0 Å². The van der Waals surface area contributed by atoms with Gasteiger partial charge in [-0.25, -0.2) is 0 Å². The molecule has 0 bridgehead atoms. The Balaban J connectivity index is 1.13. The molecule has 11 rings (SSSR count). The summed E-state index contributed by atoms with van der Waals surface area (Å²) in [5.41, 5.74) is 18.6. The Bertz CT molecular complexity index is 3300. The van der Waals surface area contributed by atoms with Gasteiger partial charge in [-0.1, -0.05) is 200 Å². The highest BCUT2D eigenvalue weighted by atomic mass is 15.1. The normalized spacial score (nSPS) is 11.2. The molecule has 10 aromatic carbocycles. The van der Waals surface area contributed by atoms with E-state index in [0.717, 1.165) is 28.3 Å². The minimum Gasteiger partial charge on any atom is -0.310 e. The van der Waals surface area contributed by atoms with E-state index in [2.05, 4.69) is 264 Å². The van der Waals surface area contributed by atoms with E-state index in [-0.39, 0.29) is 0 Å². The van der Waals surface area contributed by atoms with Crippen LogP contribution in [0.1, 0.15) is 0 Å². The van der Waals surface area contributed by atoms with E-state index in [1.807, 2.05) is 0 Å². The van der Waals surface area contributed by atoms with Crippen LogP contribution in [0.3, 0.4) is 0 Å². The largest absolute Gasteiger partial charge is 0.310 e. The molecule has 0 unspecified atom stereocenters. The van der Waals surface area contributed by atoms with E-state index in [0.29, 0.717) is 0 Å². The SMILES string of the molecule is c1ccc(-c2ccc(N(c3ccc(-c4ccccc4)c(-c4ccccc4)c3)c3ccc4c5ccccc5n(-c5ccc(-c6ccccc6)c(-c6ccccc6)c5)c4c3)cc2)cc1. The standard InChI is InChI=1S/C60H42N2/c1-6-18-43(19-7-1)44-30-32-49(33-31-44)61(50-34-37-53(45-20-8-2-9-21-45)57(40-50)47-24-12-4-13-25-47)52-36-39-56-55-28-16-17-29-59(55)62(60(56)42-52)51-35-38-54(46-22-10-3-11-23-46)58(41-51)48-26-14-5-15-27-48/h1-42H. The van der Waals surface area contributed by atoms with Gasteiger partial charge in [0.15, 0.2) is 0 Å². The first-order chi connectivity index (χ1) is 30.8. The number of para-hydroxylation sites is 1. The van der Waals surface area contributed by atoms with Crippen LogP contribution in [-0.4, -0.2) is 4.57 Å². The maximum Gasteiger partial charge on any atom is 0.0561 e. The molecule has 0 radical (unpaired) electrons. The Morgan fingerprint density at radius 1 is 0.242 bits per heavy atom. The zero-order chi connectivity index (χ0) is 41.2. The molecule has 2 heteroatoms. The monoisotopic (exact) mass is 790 g/mol. The number of hydrogen-bond acceptors (Lipinski definition) is 1. The van der Waals surface area contributed by atoms with Crippen LogP contribution in [0.15, 0.2) is 255 Å². The molecule has 1 aromatic heterocycles. The lowest BCUT2D eigenvalue weighted by Gasteiger charge is -2.27. The van der Waals surface area contributed by atoms with Crippen molar-refractivity contribution >= 4 is 38.9 Å². The molecule has 0 aliphatic heterocycles. The van der Waals surface area contributed by atoms with Crippen LogP contribution >= 0.6 is 0 Å². The Hall–Kier alpha value is -8.20. The van der Waals surface area contributed by atoms with Gasteiger partial charge in [0.25, 0.3) is 0 Å². The van der Waals surface area contributed by atoms with Crippen LogP contribution in [0, 0.1) is 0 Å². The van der Waals surface area contributed by atoms with E-state index in [1.54, 1.807) is 0 Å². The molecule has 0 aliphatic rings. The fraction of sp³-hybridized carbons (Fsp3) is 0. The molecule has 0 atom stereocenters. The Kier molecular flexibility index (Phi) is 9.57. The van der Waals surface area contributed by atoms with Gasteiger partial charge in [-0.05, 0) is 110 Å². The van der Waals surface area contributed by atoms with Gasteiger partial charge in [-0.3, -0.25) is 0 Å². The fourth-order valence-corrected chi connectivity index (χ4v) is 9.05. The third kappa shape index (κ3) is 6.84. The molecule has 0 saturated heterocycles. The molecule has 11 aromatic rings. The lowest BCUT2D eigenvalue weighted by Crippen LogP contribution is -2.10. The first-order valence-electron chi connectivity index (χ1n) is 21.3. The number of aromatic nitrogens is 1. The lowest BCUT2D eigenvalue weighted by atomic mass is 9.93. The van der Waals surface area contributed by atoms with Crippen molar-refractivity contribution in [3.63, 3.8) is 0 Å². The quantitative estimate of drug-likeness (QED) is 0.141. The van der Waals surface area contributed by atoms with Gasteiger partial charge in [0, 0.05) is 33.5 Å². The molecule has 0 spiro atoms. The van der Waals surface area contributed by atoms with Crippen LogP contribution < -0.4 is 4.90 Å². The van der Waals surface area contributed by atoms with Crippen molar-refractivity contribution in [3.05, 3.63) is 255 Å². The second-order valence-electron chi connectivity index (χ2n) is 15.7. The number of benzene rings is 10. The highest BCUT2D eigenvalue weighted by Crippen LogP contribution is 2.44. The van der Waals surface area contributed by atoms with E-state index in [9.17, 15) is 0 Å². The molecular weight excluding hydrogens is 749 g/mol. The highest BCUT2D eigenvalue weighted by Gasteiger charge is 2.20. The van der Waals surface area contributed by atoms with Crippen LogP contribution in [-0.2, 0) is 0 Å². The van der Waals surface area contributed by atoms with Gasteiger partial charge in [0.05, 0.1) is 11.0 Å². The van der Waals surface area contributed by atoms with Gasteiger partial charge in [0.2, 0.25) is 0 Å². The average Bonchev–Trinajstić information content (AvgIpc) is 3.69. The zero-order valence-electron chi connectivity index (χ0n) is 34.1.